The molecule has 0 aromatic heterocycles. The molecule has 0 heterocycles. The summed E-state index contributed by atoms with van der Waals surface area (Å²) >= 11 is 0. The Labute approximate surface area is 122 Å². The van der Waals surface area contributed by atoms with Crippen molar-refractivity contribution in [2.45, 2.75) is 24.4 Å². The average molecular weight is 348 g/mol. The molecule has 11 heteroatoms. The van der Waals surface area contributed by atoms with Gasteiger partial charge in [0, 0.05) is 16.7 Å². The topological polar surface area (TPSA) is 86.5 Å². The smallest absolute Gasteiger partial charge is 0.392 e. The largest absolute Gasteiger partial charge is 0.486 e. The van der Waals surface area contributed by atoms with E-state index in [-0.39, 0.29) is 5.56 Å². The molecule has 0 fully saturated rings. The number of rotatable bonds is 5. The fraction of sp³-hybridized carbons (Fsp3) is 0.400. The highest BCUT2D eigenvalue weighted by Crippen LogP contribution is 2.34. The van der Waals surface area contributed by atoms with E-state index in [2.05, 4.69) is 0 Å². The number of hydrogen-bond donors (Lipinski definition) is 0. The van der Waals surface area contributed by atoms with Gasteiger partial charge in [0.1, 0.15) is 0 Å². The second kappa shape index (κ2) is 6.06. The number of benzene rings is 1. The highest BCUT2D eigenvalue weighted by Gasteiger charge is 2.28. The third kappa shape index (κ3) is 5.05. The molecular formula is C10H9ClF3NO5S. The van der Waals surface area contributed by atoms with Crippen LogP contribution in [-0.2, 0) is 9.05 Å². The van der Waals surface area contributed by atoms with Gasteiger partial charge in [0.15, 0.2) is 5.75 Å². The Morgan fingerprint density at radius 3 is 2.38 bits per heavy atom. The Bertz CT molecular complexity index is 659. The standard InChI is InChI=1S/C10H9ClF3NO5S/c1-6-4-8(20-3-2-10(12,13)14)7(15(16)17)5-9(6)21(11,18)19/h4-5H,2-3H2,1H3. The van der Waals surface area contributed by atoms with Crippen LogP contribution in [0.25, 0.3) is 0 Å². The lowest BCUT2D eigenvalue weighted by atomic mass is 10.2. The summed E-state index contributed by atoms with van der Waals surface area (Å²) in [6.07, 6.45) is -5.76. The van der Waals surface area contributed by atoms with Crippen LogP contribution in [0.5, 0.6) is 5.75 Å². The molecule has 0 radical (unpaired) electrons. The third-order valence-corrected chi connectivity index (χ3v) is 3.82. The Hall–Kier alpha value is -1.55. The maximum absolute atomic E-state index is 12.0. The summed E-state index contributed by atoms with van der Waals surface area (Å²) < 4.78 is 63.2. The highest BCUT2D eigenvalue weighted by atomic mass is 35.7. The molecule has 0 saturated carbocycles. The second-order valence-electron chi connectivity index (χ2n) is 3.99. The van der Waals surface area contributed by atoms with Gasteiger partial charge in [-0.1, -0.05) is 0 Å². The molecule has 0 bridgehead atoms. The predicted molar refractivity (Wildman–Crippen MR) is 67.0 cm³/mol. The molecule has 0 unspecified atom stereocenters. The number of alkyl halides is 3. The van der Waals surface area contributed by atoms with Crippen molar-refractivity contribution in [1.82, 2.24) is 0 Å². The Morgan fingerprint density at radius 1 is 1.38 bits per heavy atom. The lowest BCUT2D eigenvalue weighted by Crippen LogP contribution is -2.13. The van der Waals surface area contributed by atoms with Crippen molar-refractivity contribution in [3.63, 3.8) is 0 Å². The number of nitro benzene ring substituents is 1. The van der Waals surface area contributed by atoms with Crippen molar-refractivity contribution in [1.29, 1.82) is 0 Å². The van der Waals surface area contributed by atoms with E-state index in [4.69, 9.17) is 15.4 Å². The minimum absolute atomic E-state index is 0.0256. The molecule has 1 aromatic rings. The van der Waals surface area contributed by atoms with Crippen molar-refractivity contribution in [2.24, 2.45) is 0 Å². The van der Waals surface area contributed by atoms with Crippen molar-refractivity contribution in [3.8, 4) is 5.75 Å². The van der Waals surface area contributed by atoms with E-state index >= 15 is 0 Å². The van der Waals surface area contributed by atoms with Gasteiger partial charge in [-0.15, -0.1) is 0 Å². The molecule has 118 valence electrons. The first kappa shape index (κ1) is 17.5. The normalized spacial score (nSPS) is 12.2. The first-order chi connectivity index (χ1) is 9.42. The van der Waals surface area contributed by atoms with Crippen molar-refractivity contribution >= 4 is 25.4 Å². The van der Waals surface area contributed by atoms with Crippen LogP contribution in [0.4, 0.5) is 18.9 Å². The number of aryl methyl sites for hydroxylation is 1. The van der Waals surface area contributed by atoms with Crippen LogP contribution in [-0.4, -0.2) is 26.1 Å². The minimum atomic E-state index is -4.47. The van der Waals surface area contributed by atoms with Crippen LogP contribution >= 0.6 is 10.7 Å². The van der Waals surface area contributed by atoms with Crippen LogP contribution in [0.1, 0.15) is 12.0 Å². The number of nitrogens with zero attached hydrogens (tertiary/aromatic N) is 1. The van der Waals surface area contributed by atoms with E-state index in [1.165, 1.54) is 6.92 Å². The van der Waals surface area contributed by atoms with Gasteiger partial charge < -0.3 is 4.74 Å². The van der Waals surface area contributed by atoms with E-state index in [0.29, 0.717) is 6.07 Å². The number of halogens is 4. The summed E-state index contributed by atoms with van der Waals surface area (Å²) in [4.78, 5) is 9.37. The SMILES string of the molecule is Cc1cc(OCCC(F)(F)F)c([N+](=O)[O-])cc1S(=O)(=O)Cl. The molecule has 1 rings (SSSR count). The van der Waals surface area contributed by atoms with Gasteiger partial charge in [-0.3, -0.25) is 10.1 Å². The van der Waals surface area contributed by atoms with Crippen LogP contribution in [0.2, 0.25) is 0 Å². The lowest BCUT2D eigenvalue weighted by Gasteiger charge is -2.11. The molecule has 0 atom stereocenters. The van der Waals surface area contributed by atoms with E-state index in [1.54, 1.807) is 0 Å². The summed E-state index contributed by atoms with van der Waals surface area (Å²) in [5.74, 6) is -0.453. The van der Waals surface area contributed by atoms with Crippen molar-refractivity contribution < 1.29 is 31.2 Å². The number of ether oxygens (including phenoxy) is 1. The molecule has 0 N–H and O–H groups in total. The summed E-state index contributed by atoms with van der Waals surface area (Å²) in [5.41, 5.74) is -0.750. The third-order valence-electron chi connectivity index (χ3n) is 2.36. The van der Waals surface area contributed by atoms with E-state index < -0.39 is 49.5 Å². The molecule has 6 nitrogen and oxygen atoms in total. The second-order valence-corrected chi connectivity index (χ2v) is 6.53. The zero-order chi connectivity index (χ0) is 16.4. The molecule has 0 aliphatic carbocycles. The Morgan fingerprint density at radius 2 is 1.95 bits per heavy atom. The maximum Gasteiger partial charge on any atom is 0.392 e. The quantitative estimate of drug-likeness (QED) is 0.464. The molecule has 21 heavy (non-hydrogen) atoms. The molecule has 0 saturated heterocycles. The van der Waals surface area contributed by atoms with Gasteiger partial charge in [0.25, 0.3) is 9.05 Å². The first-order valence-electron chi connectivity index (χ1n) is 5.35. The average Bonchev–Trinajstić information content (AvgIpc) is 2.24. The maximum atomic E-state index is 12.0. The molecular weight excluding hydrogens is 339 g/mol. The fourth-order valence-electron chi connectivity index (χ4n) is 1.45. The highest BCUT2D eigenvalue weighted by molar-refractivity contribution is 8.13. The zero-order valence-corrected chi connectivity index (χ0v) is 12.0. The minimum Gasteiger partial charge on any atom is -0.486 e. The van der Waals surface area contributed by atoms with Gasteiger partial charge in [-0.2, -0.15) is 13.2 Å². The number of hydrogen-bond acceptors (Lipinski definition) is 5. The van der Waals surface area contributed by atoms with Gasteiger partial charge in [-0.05, 0) is 18.6 Å². The Kier molecular flexibility index (Phi) is 5.05. The van der Waals surface area contributed by atoms with Crippen LogP contribution in [0.3, 0.4) is 0 Å². The van der Waals surface area contributed by atoms with Gasteiger partial charge in [-0.25, -0.2) is 8.42 Å². The molecule has 0 aliphatic heterocycles. The molecule has 0 amide bonds. The monoisotopic (exact) mass is 347 g/mol. The first-order valence-corrected chi connectivity index (χ1v) is 7.66. The van der Waals surface area contributed by atoms with Crippen LogP contribution in [0.15, 0.2) is 17.0 Å². The van der Waals surface area contributed by atoms with Crippen molar-refractivity contribution in [2.75, 3.05) is 6.61 Å². The van der Waals surface area contributed by atoms with Gasteiger partial charge in [0.05, 0.1) is 22.8 Å². The van der Waals surface area contributed by atoms with E-state index in [0.717, 1.165) is 6.07 Å². The summed E-state index contributed by atoms with van der Waals surface area (Å²) in [6, 6.07) is 1.62. The molecule has 0 aliphatic rings. The van der Waals surface area contributed by atoms with E-state index in [1.807, 2.05) is 0 Å². The molecule has 1 aromatic carbocycles. The van der Waals surface area contributed by atoms with Crippen LogP contribution in [0, 0.1) is 17.0 Å². The summed E-state index contributed by atoms with van der Waals surface area (Å²) in [6.45, 7) is 0.465. The van der Waals surface area contributed by atoms with E-state index in [9.17, 15) is 31.7 Å². The molecule has 0 spiro atoms. The predicted octanol–water partition coefficient (Wildman–Crippen LogP) is 3.16. The van der Waals surface area contributed by atoms with Crippen molar-refractivity contribution in [3.05, 3.63) is 27.8 Å². The summed E-state index contributed by atoms with van der Waals surface area (Å²) in [5, 5.41) is 10.8. The Balaban J connectivity index is 3.16. The zero-order valence-electron chi connectivity index (χ0n) is 10.5. The fourth-order valence-corrected chi connectivity index (χ4v) is 2.64. The van der Waals surface area contributed by atoms with Gasteiger partial charge >= 0.3 is 11.9 Å². The lowest BCUT2D eigenvalue weighted by molar-refractivity contribution is -0.386. The summed E-state index contributed by atoms with van der Waals surface area (Å²) in [7, 11) is 0.899. The van der Waals surface area contributed by atoms with Crippen LogP contribution < -0.4 is 4.74 Å². The number of nitro groups is 1. The van der Waals surface area contributed by atoms with Gasteiger partial charge in [0.2, 0.25) is 0 Å².